The fourth-order valence-electron chi connectivity index (χ4n) is 3.07. The van der Waals surface area contributed by atoms with Gasteiger partial charge in [0.05, 0.1) is 18.9 Å². The van der Waals surface area contributed by atoms with Crippen molar-refractivity contribution >= 4 is 11.8 Å². The standard InChI is InChI=1S/C18H19FN2O3/c1-24-16(22)12-3-5-13(6-4-12)18(9-2-10-18)17(23)21-15-8-7-14(19)11-20-15/h3-8,11,17,23H,2,9-10H2,1H3,(H,20,21). The lowest BCUT2D eigenvalue weighted by Gasteiger charge is -2.46. The van der Waals surface area contributed by atoms with Crippen LogP contribution in [0.1, 0.15) is 35.2 Å². The van der Waals surface area contributed by atoms with Crippen LogP contribution >= 0.6 is 0 Å². The first-order chi connectivity index (χ1) is 11.5. The molecule has 0 radical (unpaired) electrons. The maximum Gasteiger partial charge on any atom is 0.337 e. The van der Waals surface area contributed by atoms with Gasteiger partial charge in [-0.05, 0) is 42.7 Å². The van der Waals surface area contributed by atoms with Crippen LogP contribution < -0.4 is 5.32 Å². The highest BCUT2D eigenvalue weighted by molar-refractivity contribution is 5.89. The number of anilines is 1. The second-order valence-electron chi connectivity index (χ2n) is 5.99. The van der Waals surface area contributed by atoms with E-state index in [1.165, 1.54) is 19.2 Å². The summed E-state index contributed by atoms with van der Waals surface area (Å²) in [6, 6.07) is 9.86. The molecule has 0 bridgehead atoms. The number of esters is 1. The number of nitrogens with one attached hydrogen (secondary N) is 1. The van der Waals surface area contributed by atoms with E-state index in [4.69, 9.17) is 4.74 Å². The molecule has 1 aliphatic rings. The summed E-state index contributed by atoms with van der Waals surface area (Å²) < 4.78 is 17.6. The third kappa shape index (κ3) is 2.97. The quantitative estimate of drug-likeness (QED) is 0.651. The van der Waals surface area contributed by atoms with Crippen LogP contribution in [0.25, 0.3) is 0 Å². The van der Waals surface area contributed by atoms with Crippen LogP contribution in [0.15, 0.2) is 42.6 Å². The van der Waals surface area contributed by atoms with Gasteiger partial charge in [0.1, 0.15) is 17.9 Å². The van der Waals surface area contributed by atoms with E-state index in [1.807, 2.05) is 12.1 Å². The molecule has 2 N–H and O–H groups in total. The first kappa shape index (κ1) is 16.4. The van der Waals surface area contributed by atoms with Crippen LogP contribution in [0.4, 0.5) is 10.2 Å². The minimum atomic E-state index is -0.854. The minimum absolute atomic E-state index is 0.390. The van der Waals surface area contributed by atoms with Gasteiger partial charge in [-0.15, -0.1) is 0 Å². The number of rotatable bonds is 5. The van der Waals surface area contributed by atoms with E-state index >= 15 is 0 Å². The molecule has 1 fully saturated rings. The highest BCUT2D eigenvalue weighted by Crippen LogP contribution is 2.46. The second kappa shape index (κ2) is 6.57. The molecule has 1 saturated carbocycles. The van der Waals surface area contributed by atoms with Crippen LogP contribution in [-0.2, 0) is 10.2 Å². The van der Waals surface area contributed by atoms with Crippen LogP contribution in [0, 0.1) is 5.82 Å². The molecule has 1 unspecified atom stereocenters. The predicted molar refractivity (Wildman–Crippen MR) is 87.1 cm³/mol. The summed E-state index contributed by atoms with van der Waals surface area (Å²) >= 11 is 0. The van der Waals surface area contributed by atoms with E-state index < -0.39 is 23.4 Å². The Bertz CT molecular complexity index is 712. The molecule has 0 amide bonds. The lowest BCUT2D eigenvalue weighted by atomic mass is 9.63. The van der Waals surface area contributed by atoms with E-state index in [9.17, 15) is 14.3 Å². The van der Waals surface area contributed by atoms with Crippen LogP contribution in [0.3, 0.4) is 0 Å². The zero-order chi connectivity index (χ0) is 17.2. The molecule has 0 saturated heterocycles. The van der Waals surface area contributed by atoms with Gasteiger partial charge in [-0.1, -0.05) is 18.6 Å². The summed E-state index contributed by atoms with van der Waals surface area (Å²) in [6.45, 7) is 0. The van der Waals surface area contributed by atoms with Crippen molar-refractivity contribution in [3.05, 3.63) is 59.5 Å². The molecule has 1 aromatic heterocycles. The van der Waals surface area contributed by atoms with Gasteiger partial charge in [0.15, 0.2) is 0 Å². The molecule has 1 aliphatic carbocycles. The van der Waals surface area contributed by atoms with Crippen molar-refractivity contribution in [3.8, 4) is 0 Å². The van der Waals surface area contributed by atoms with Crippen LogP contribution in [0.5, 0.6) is 0 Å². The van der Waals surface area contributed by atoms with Crippen LogP contribution in [-0.4, -0.2) is 29.4 Å². The van der Waals surface area contributed by atoms with Crippen LogP contribution in [0.2, 0.25) is 0 Å². The number of pyridine rings is 1. The van der Waals surface area contributed by atoms with E-state index in [1.54, 1.807) is 12.1 Å². The normalized spacial score (nSPS) is 16.8. The number of halogens is 1. The number of ether oxygens (including phenoxy) is 1. The maximum absolute atomic E-state index is 12.9. The Kier molecular flexibility index (Phi) is 4.49. The summed E-state index contributed by atoms with van der Waals surface area (Å²) in [5, 5.41) is 13.6. The SMILES string of the molecule is COC(=O)c1ccc(C2(C(O)Nc3ccc(F)cn3)CCC2)cc1. The fraction of sp³-hybridized carbons (Fsp3) is 0.333. The number of methoxy groups -OCH3 is 1. The summed E-state index contributed by atoms with van der Waals surface area (Å²) in [5.74, 6) is -0.397. The number of benzene rings is 1. The van der Waals surface area contributed by atoms with Crippen molar-refractivity contribution in [2.45, 2.75) is 30.9 Å². The Balaban J connectivity index is 1.80. The van der Waals surface area contributed by atoms with E-state index in [0.29, 0.717) is 11.4 Å². The summed E-state index contributed by atoms with van der Waals surface area (Å²) in [7, 11) is 1.34. The minimum Gasteiger partial charge on any atom is -0.465 e. The smallest absolute Gasteiger partial charge is 0.337 e. The molecule has 1 heterocycles. The Morgan fingerprint density at radius 1 is 1.29 bits per heavy atom. The maximum atomic E-state index is 12.9. The number of hydrogen-bond acceptors (Lipinski definition) is 5. The number of hydrogen-bond donors (Lipinski definition) is 2. The zero-order valence-electron chi connectivity index (χ0n) is 13.3. The molecule has 0 spiro atoms. The Morgan fingerprint density at radius 2 is 2.00 bits per heavy atom. The van der Waals surface area contributed by atoms with Gasteiger partial charge >= 0.3 is 5.97 Å². The van der Waals surface area contributed by atoms with Crippen molar-refractivity contribution in [1.82, 2.24) is 4.98 Å². The molecule has 1 aromatic carbocycles. The predicted octanol–water partition coefficient (Wildman–Crippen LogP) is 2.86. The first-order valence-electron chi connectivity index (χ1n) is 7.80. The molecule has 2 aromatic rings. The van der Waals surface area contributed by atoms with Gasteiger partial charge in [0.25, 0.3) is 0 Å². The third-order valence-electron chi connectivity index (χ3n) is 4.66. The topological polar surface area (TPSA) is 71.5 Å². The Morgan fingerprint density at radius 3 is 2.50 bits per heavy atom. The van der Waals surface area contributed by atoms with E-state index in [0.717, 1.165) is 31.0 Å². The van der Waals surface area contributed by atoms with Crippen molar-refractivity contribution < 1.29 is 19.0 Å². The molecule has 6 heteroatoms. The van der Waals surface area contributed by atoms with Gasteiger partial charge in [0.2, 0.25) is 0 Å². The monoisotopic (exact) mass is 330 g/mol. The van der Waals surface area contributed by atoms with Crippen molar-refractivity contribution in [2.75, 3.05) is 12.4 Å². The molecule has 1 atom stereocenters. The summed E-state index contributed by atoms with van der Waals surface area (Å²) in [4.78, 5) is 15.5. The average Bonchev–Trinajstić information content (AvgIpc) is 2.56. The molecular weight excluding hydrogens is 311 g/mol. The molecule has 126 valence electrons. The zero-order valence-corrected chi connectivity index (χ0v) is 13.3. The van der Waals surface area contributed by atoms with E-state index in [2.05, 4.69) is 10.3 Å². The summed E-state index contributed by atoms with van der Waals surface area (Å²) in [6.07, 6.45) is 2.90. The van der Waals surface area contributed by atoms with Crippen molar-refractivity contribution in [2.24, 2.45) is 0 Å². The molecular formula is C18H19FN2O3. The molecule has 0 aliphatic heterocycles. The number of aliphatic hydroxyl groups is 1. The van der Waals surface area contributed by atoms with E-state index in [-0.39, 0.29) is 0 Å². The number of carbonyl (C=O) groups is 1. The van der Waals surface area contributed by atoms with Gasteiger partial charge in [-0.25, -0.2) is 14.2 Å². The fourth-order valence-corrected chi connectivity index (χ4v) is 3.07. The second-order valence-corrected chi connectivity index (χ2v) is 5.99. The molecule has 24 heavy (non-hydrogen) atoms. The van der Waals surface area contributed by atoms with Gasteiger partial charge in [-0.3, -0.25) is 0 Å². The lowest BCUT2D eigenvalue weighted by molar-refractivity contribution is 0.0483. The average molecular weight is 330 g/mol. The molecule has 3 rings (SSSR count). The largest absolute Gasteiger partial charge is 0.465 e. The van der Waals surface area contributed by atoms with Crippen molar-refractivity contribution in [3.63, 3.8) is 0 Å². The van der Waals surface area contributed by atoms with Gasteiger partial charge in [-0.2, -0.15) is 0 Å². The van der Waals surface area contributed by atoms with Gasteiger partial charge < -0.3 is 15.2 Å². The Hall–Kier alpha value is -2.47. The highest BCUT2D eigenvalue weighted by Gasteiger charge is 2.45. The number of carbonyl (C=O) groups excluding carboxylic acids is 1. The lowest BCUT2D eigenvalue weighted by Crippen LogP contribution is -2.49. The summed E-state index contributed by atoms with van der Waals surface area (Å²) in [5.41, 5.74) is 0.979. The molecule has 5 nitrogen and oxygen atoms in total. The third-order valence-corrected chi connectivity index (χ3v) is 4.66. The number of aromatic nitrogens is 1. The highest BCUT2D eigenvalue weighted by atomic mass is 19.1. The van der Waals surface area contributed by atoms with Crippen molar-refractivity contribution in [1.29, 1.82) is 0 Å². The van der Waals surface area contributed by atoms with Gasteiger partial charge in [0, 0.05) is 5.41 Å². The number of aliphatic hydroxyl groups excluding tert-OH is 1. The first-order valence-corrected chi connectivity index (χ1v) is 7.80. The number of nitrogens with zero attached hydrogens (tertiary/aromatic N) is 1. The Labute approximate surface area is 139 Å².